The molecule has 0 radical (unpaired) electrons. The number of nitrogens with zero attached hydrogens (tertiary/aromatic N) is 3. The Labute approximate surface area is 142 Å². The summed E-state index contributed by atoms with van der Waals surface area (Å²) in [6.45, 7) is 0. The lowest BCUT2D eigenvalue weighted by atomic mass is 10.2. The molecule has 0 aromatic heterocycles. The van der Waals surface area contributed by atoms with Crippen LogP contribution in [0.15, 0.2) is 17.3 Å². The zero-order valence-corrected chi connectivity index (χ0v) is 12.9. The van der Waals surface area contributed by atoms with Crippen LogP contribution < -0.4 is 10.1 Å². The SMILES string of the molecule is N#CC(C#N)=C(C#N)Nc1c(Cl)cc(OC(F)(F)F)c(Cl)c1Cl. The van der Waals surface area contributed by atoms with Gasteiger partial charge in [0.2, 0.25) is 0 Å². The van der Waals surface area contributed by atoms with Crippen LogP contribution >= 0.6 is 34.8 Å². The minimum atomic E-state index is -5.02. The number of hydrogen-bond donors (Lipinski definition) is 1. The van der Waals surface area contributed by atoms with Crippen molar-refractivity contribution < 1.29 is 17.9 Å². The second-order valence-electron chi connectivity index (χ2n) is 3.62. The summed E-state index contributed by atoms with van der Waals surface area (Å²) >= 11 is 17.2. The van der Waals surface area contributed by atoms with Gasteiger partial charge in [-0.2, -0.15) is 15.8 Å². The average Bonchev–Trinajstić information content (AvgIpc) is 2.46. The minimum Gasteiger partial charge on any atom is -0.404 e. The van der Waals surface area contributed by atoms with E-state index in [1.165, 1.54) is 18.2 Å². The Balaban J connectivity index is 3.40. The highest BCUT2D eigenvalue weighted by Gasteiger charge is 2.33. The van der Waals surface area contributed by atoms with Gasteiger partial charge in [0.15, 0.2) is 11.3 Å². The summed E-state index contributed by atoms with van der Waals surface area (Å²) in [5.74, 6) is -0.844. The lowest BCUT2D eigenvalue weighted by Gasteiger charge is -2.15. The standard InChI is InChI=1S/C12H2Cl3F3N4O/c13-6-1-8(23-12(16,17)18)9(14)10(15)11(6)22-7(4-21)5(2-19)3-20/h1,22H. The lowest BCUT2D eigenvalue weighted by molar-refractivity contribution is -0.274. The Morgan fingerprint density at radius 3 is 2.04 bits per heavy atom. The zero-order valence-electron chi connectivity index (χ0n) is 10.6. The molecule has 1 aromatic rings. The molecule has 1 aromatic carbocycles. The fourth-order valence-corrected chi connectivity index (χ4v) is 2.01. The number of nitrogens with one attached hydrogen (secondary N) is 1. The van der Waals surface area contributed by atoms with E-state index in [-0.39, 0.29) is 10.7 Å². The van der Waals surface area contributed by atoms with Crippen LogP contribution in [0, 0.1) is 34.0 Å². The van der Waals surface area contributed by atoms with E-state index in [9.17, 15) is 13.2 Å². The second-order valence-corrected chi connectivity index (χ2v) is 4.78. The molecule has 0 atom stereocenters. The van der Waals surface area contributed by atoms with Crippen LogP contribution in [0.4, 0.5) is 18.9 Å². The van der Waals surface area contributed by atoms with Gasteiger partial charge in [-0.3, -0.25) is 0 Å². The number of alkyl halides is 3. The molecular formula is C12H2Cl3F3N4O. The van der Waals surface area contributed by atoms with Crippen LogP contribution in [0.3, 0.4) is 0 Å². The molecule has 1 rings (SSSR count). The van der Waals surface area contributed by atoms with Crippen molar-refractivity contribution in [3.63, 3.8) is 0 Å². The first-order valence-corrected chi connectivity index (χ1v) is 6.42. The smallest absolute Gasteiger partial charge is 0.404 e. The third-order valence-corrected chi connectivity index (χ3v) is 3.33. The Hall–Kier alpha value is -2.31. The molecule has 1 N–H and O–H groups in total. The summed E-state index contributed by atoms with van der Waals surface area (Å²) in [5, 5.41) is 27.1. The van der Waals surface area contributed by atoms with Gasteiger partial charge in [0.1, 0.15) is 28.9 Å². The third-order valence-electron chi connectivity index (χ3n) is 2.19. The maximum atomic E-state index is 12.2. The van der Waals surface area contributed by atoms with Crippen molar-refractivity contribution in [1.29, 1.82) is 15.8 Å². The topological polar surface area (TPSA) is 92.6 Å². The summed E-state index contributed by atoms with van der Waals surface area (Å²) < 4.78 is 40.4. The summed E-state index contributed by atoms with van der Waals surface area (Å²) in [6, 6.07) is 5.17. The minimum absolute atomic E-state index is 0.257. The lowest BCUT2D eigenvalue weighted by Crippen LogP contribution is -2.17. The maximum absolute atomic E-state index is 12.2. The number of anilines is 1. The maximum Gasteiger partial charge on any atom is 0.573 e. The van der Waals surface area contributed by atoms with Gasteiger partial charge >= 0.3 is 6.36 Å². The van der Waals surface area contributed by atoms with E-state index in [4.69, 9.17) is 50.6 Å². The molecule has 0 spiro atoms. The highest BCUT2D eigenvalue weighted by Crippen LogP contribution is 2.44. The molecule has 23 heavy (non-hydrogen) atoms. The zero-order chi connectivity index (χ0) is 17.8. The molecule has 0 unspecified atom stereocenters. The van der Waals surface area contributed by atoms with Crippen molar-refractivity contribution in [2.45, 2.75) is 6.36 Å². The molecule has 11 heteroatoms. The van der Waals surface area contributed by atoms with Gasteiger partial charge in [-0.05, 0) is 0 Å². The average molecular weight is 382 g/mol. The summed E-state index contributed by atoms with van der Waals surface area (Å²) in [5.41, 5.74) is -1.34. The van der Waals surface area contributed by atoms with E-state index in [1.54, 1.807) is 0 Å². The van der Waals surface area contributed by atoms with Gasteiger partial charge in [0.25, 0.3) is 0 Å². The van der Waals surface area contributed by atoms with Crippen LogP contribution in [0.2, 0.25) is 15.1 Å². The largest absolute Gasteiger partial charge is 0.573 e. The van der Waals surface area contributed by atoms with Gasteiger partial charge in [0.05, 0.1) is 15.7 Å². The Bertz CT molecular complexity index is 784. The van der Waals surface area contributed by atoms with Crippen LogP contribution in [0.1, 0.15) is 0 Å². The van der Waals surface area contributed by atoms with Gasteiger partial charge in [-0.25, -0.2) is 0 Å². The fraction of sp³-hybridized carbons (Fsp3) is 0.0833. The van der Waals surface area contributed by atoms with E-state index in [1.807, 2.05) is 0 Å². The van der Waals surface area contributed by atoms with Crippen molar-refractivity contribution in [2.75, 3.05) is 5.32 Å². The van der Waals surface area contributed by atoms with Gasteiger partial charge in [0, 0.05) is 6.07 Å². The number of hydrogen-bond acceptors (Lipinski definition) is 5. The molecule has 0 aliphatic heterocycles. The van der Waals surface area contributed by atoms with Crippen molar-refractivity contribution in [2.24, 2.45) is 0 Å². The number of nitriles is 3. The van der Waals surface area contributed by atoms with E-state index < -0.39 is 33.4 Å². The fourth-order valence-electron chi connectivity index (χ4n) is 1.30. The normalized spacial score (nSPS) is 10.0. The quantitative estimate of drug-likeness (QED) is 0.600. The molecule has 0 saturated carbocycles. The summed E-state index contributed by atoms with van der Waals surface area (Å²) in [6.07, 6.45) is -5.02. The van der Waals surface area contributed by atoms with Gasteiger partial charge in [-0.15, -0.1) is 13.2 Å². The molecular weight excluding hydrogens is 380 g/mol. The van der Waals surface area contributed by atoms with E-state index in [0.29, 0.717) is 0 Å². The molecule has 118 valence electrons. The van der Waals surface area contributed by atoms with Crippen LogP contribution in [0.25, 0.3) is 0 Å². The first kappa shape index (κ1) is 18.7. The molecule has 0 saturated heterocycles. The first-order valence-electron chi connectivity index (χ1n) is 5.29. The predicted octanol–water partition coefficient (Wildman–Crippen LogP) is 4.78. The monoisotopic (exact) mass is 380 g/mol. The number of rotatable bonds is 3. The van der Waals surface area contributed by atoms with Gasteiger partial charge in [-0.1, -0.05) is 34.8 Å². The summed E-state index contributed by atoms with van der Waals surface area (Å²) in [7, 11) is 0. The molecule has 0 fully saturated rings. The molecule has 0 aliphatic rings. The number of benzene rings is 1. The Morgan fingerprint density at radius 1 is 1.04 bits per heavy atom. The number of allylic oxidation sites excluding steroid dienone is 2. The molecule has 0 aliphatic carbocycles. The first-order chi connectivity index (χ1) is 10.6. The van der Waals surface area contributed by atoms with Crippen molar-refractivity contribution >= 4 is 40.5 Å². The van der Waals surface area contributed by atoms with E-state index in [2.05, 4.69) is 10.1 Å². The van der Waals surface area contributed by atoms with E-state index >= 15 is 0 Å². The third kappa shape index (κ3) is 4.58. The van der Waals surface area contributed by atoms with Crippen LogP contribution in [-0.2, 0) is 0 Å². The van der Waals surface area contributed by atoms with Crippen molar-refractivity contribution in [3.05, 3.63) is 32.4 Å². The number of ether oxygens (including phenoxy) is 1. The number of halogens is 6. The van der Waals surface area contributed by atoms with Crippen molar-refractivity contribution in [3.8, 4) is 24.0 Å². The predicted molar refractivity (Wildman–Crippen MR) is 75.6 cm³/mol. The molecule has 5 nitrogen and oxygen atoms in total. The highest BCUT2D eigenvalue weighted by molar-refractivity contribution is 6.47. The van der Waals surface area contributed by atoms with E-state index in [0.717, 1.165) is 6.07 Å². The van der Waals surface area contributed by atoms with Crippen LogP contribution in [-0.4, -0.2) is 6.36 Å². The Morgan fingerprint density at radius 2 is 1.61 bits per heavy atom. The van der Waals surface area contributed by atoms with Gasteiger partial charge < -0.3 is 10.1 Å². The Kier molecular flexibility index (Phi) is 5.95. The highest BCUT2D eigenvalue weighted by atomic mass is 35.5. The van der Waals surface area contributed by atoms with Crippen LogP contribution in [0.5, 0.6) is 5.75 Å². The molecule has 0 bridgehead atoms. The molecule has 0 heterocycles. The second kappa shape index (κ2) is 7.30. The van der Waals surface area contributed by atoms with Crippen molar-refractivity contribution in [1.82, 2.24) is 0 Å². The summed E-state index contributed by atoms with van der Waals surface area (Å²) in [4.78, 5) is 0. The molecule has 0 amide bonds.